The van der Waals surface area contributed by atoms with Crippen LogP contribution >= 0.6 is 0 Å². The van der Waals surface area contributed by atoms with Crippen LogP contribution in [0.4, 0.5) is 16.2 Å². The van der Waals surface area contributed by atoms with Gasteiger partial charge in [-0.25, -0.2) is 4.79 Å². The Labute approximate surface area is 206 Å². The van der Waals surface area contributed by atoms with Crippen LogP contribution in [0.3, 0.4) is 0 Å². The fourth-order valence-electron chi connectivity index (χ4n) is 3.37. The number of amides is 2. The summed E-state index contributed by atoms with van der Waals surface area (Å²) in [5.41, 5.74) is 2.14. The fraction of sp³-hybridized carbons (Fsp3) is 0.370. The van der Waals surface area contributed by atoms with E-state index in [1.54, 1.807) is 28.0 Å². The predicted octanol–water partition coefficient (Wildman–Crippen LogP) is 5.67. The van der Waals surface area contributed by atoms with E-state index in [1.807, 2.05) is 84.0 Å². The van der Waals surface area contributed by atoms with Crippen LogP contribution in [0.5, 0.6) is 5.75 Å². The average molecular weight is 479 g/mol. The molecule has 0 bridgehead atoms. The van der Waals surface area contributed by atoms with Gasteiger partial charge in [-0.2, -0.15) is 5.10 Å². The number of nitrogens with one attached hydrogen (secondary N) is 1. The number of anilines is 2. The van der Waals surface area contributed by atoms with E-state index in [0.29, 0.717) is 30.1 Å². The van der Waals surface area contributed by atoms with Crippen molar-refractivity contribution in [1.82, 2.24) is 9.78 Å². The van der Waals surface area contributed by atoms with Crippen LogP contribution in [0.2, 0.25) is 0 Å². The molecule has 8 nitrogen and oxygen atoms in total. The second-order valence-electron chi connectivity index (χ2n) is 9.58. The molecular formula is C27H34N4O4. The van der Waals surface area contributed by atoms with Crippen molar-refractivity contribution in [2.24, 2.45) is 0 Å². The molecule has 0 saturated heterocycles. The Kier molecular flexibility index (Phi) is 8.17. The van der Waals surface area contributed by atoms with Gasteiger partial charge in [0.2, 0.25) is 0 Å². The molecule has 0 atom stereocenters. The van der Waals surface area contributed by atoms with Crippen LogP contribution < -0.4 is 15.0 Å². The highest BCUT2D eigenvalue weighted by Crippen LogP contribution is 2.23. The third-order valence-corrected chi connectivity index (χ3v) is 4.87. The summed E-state index contributed by atoms with van der Waals surface area (Å²) in [5.74, 6) is 0.264. The average Bonchev–Trinajstić information content (AvgIpc) is 3.20. The van der Waals surface area contributed by atoms with E-state index in [0.717, 1.165) is 11.3 Å². The fourth-order valence-corrected chi connectivity index (χ4v) is 3.37. The van der Waals surface area contributed by atoms with Crippen LogP contribution in [-0.4, -0.2) is 40.0 Å². The smallest absolute Gasteiger partial charge is 0.414 e. The molecule has 35 heavy (non-hydrogen) atoms. The molecule has 2 amide bonds. The first-order chi connectivity index (χ1) is 16.5. The maximum atomic E-state index is 12.9. The Balaban J connectivity index is 1.69. The van der Waals surface area contributed by atoms with Gasteiger partial charge in [-0.1, -0.05) is 24.3 Å². The maximum Gasteiger partial charge on any atom is 0.414 e. The van der Waals surface area contributed by atoms with Crippen LogP contribution in [0, 0.1) is 6.92 Å². The Morgan fingerprint density at radius 3 is 2.49 bits per heavy atom. The first-order valence-corrected chi connectivity index (χ1v) is 11.7. The van der Waals surface area contributed by atoms with Gasteiger partial charge in [-0.3, -0.25) is 14.4 Å². The third-order valence-electron chi connectivity index (χ3n) is 4.87. The molecule has 0 saturated carbocycles. The zero-order valence-corrected chi connectivity index (χ0v) is 21.2. The first-order valence-electron chi connectivity index (χ1n) is 11.7. The minimum atomic E-state index is -0.610. The summed E-state index contributed by atoms with van der Waals surface area (Å²) in [5, 5.41) is 7.22. The number of hydrogen-bond acceptors (Lipinski definition) is 5. The molecule has 0 aliphatic heterocycles. The lowest BCUT2D eigenvalue weighted by Gasteiger charge is -2.27. The van der Waals surface area contributed by atoms with Crippen molar-refractivity contribution < 1.29 is 19.1 Å². The molecule has 3 rings (SSSR count). The first kappa shape index (κ1) is 25.8. The van der Waals surface area contributed by atoms with E-state index in [2.05, 4.69) is 10.4 Å². The number of nitrogens with zero attached hydrogens (tertiary/aromatic N) is 3. The Hall–Kier alpha value is -3.81. The lowest BCUT2D eigenvalue weighted by atomic mass is 10.1. The highest BCUT2D eigenvalue weighted by Gasteiger charge is 2.23. The van der Waals surface area contributed by atoms with E-state index >= 15 is 0 Å². The Morgan fingerprint density at radius 1 is 1.11 bits per heavy atom. The van der Waals surface area contributed by atoms with Gasteiger partial charge in [0.1, 0.15) is 11.4 Å². The SMILES string of the molecule is Cc1ccc(C(=O)Nc2cnn(CCN(C(=O)OC(C)(C)C)c3ccccc3)c2)c(OC(C)C)c1. The summed E-state index contributed by atoms with van der Waals surface area (Å²) in [6.07, 6.45) is 2.83. The van der Waals surface area contributed by atoms with Gasteiger partial charge in [0, 0.05) is 18.4 Å². The molecule has 1 heterocycles. The zero-order chi connectivity index (χ0) is 25.6. The molecule has 0 aliphatic carbocycles. The monoisotopic (exact) mass is 478 g/mol. The van der Waals surface area contributed by atoms with Gasteiger partial charge in [-0.15, -0.1) is 0 Å². The number of hydrogen-bond donors (Lipinski definition) is 1. The lowest BCUT2D eigenvalue weighted by Crippen LogP contribution is -2.38. The molecule has 186 valence electrons. The van der Waals surface area contributed by atoms with Gasteiger partial charge in [0.15, 0.2) is 0 Å². The molecule has 0 spiro atoms. The van der Waals surface area contributed by atoms with Gasteiger partial charge in [-0.05, 0) is 71.4 Å². The van der Waals surface area contributed by atoms with Gasteiger partial charge < -0.3 is 14.8 Å². The number of benzene rings is 2. The Morgan fingerprint density at radius 2 is 1.83 bits per heavy atom. The molecule has 0 radical (unpaired) electrons. The second kappa shape index (κ2) is 11.1. The lowest BCUT2D eigenvalue weighted by molar-refractivity contribution is 0.0578. The minimum Gasteiger partial charge on any atom is -0.490 e. The largest absolute Gasteiger partial charge is 0.490 e. The van der Waals surface area contributed by atoms with Crippen molar-refractivity contribution in [1.29, 1.82) is 0 Å². The molecule has 0 fully saturated rings. The van der Waals surface area contributed by atoms with Gasteiger partial charge in [0.05, 0.1) is 30.1 Å². The van der Waals surface area contributed by atoms with Gasteiger partial charge >= 0.3 is 6.09 Å². The van der Waals surface area contributed by atoms with E-state index < -0.39 is 11.7 Å². The van der Waals surface area contributed by atoms with Crippen molar-refractivity contribution in [3.63, 3.8) is 0 Å². The van der Waals surface area contributed by atoms with Crippen LogP contribution in [0.1, 0.15) is 50.5 Å². The molecule has 0 aliphatic rings. The summed E-state index contributed by atoms with van der Waals surface area (Å²) in [7, 11) is 0. The van der Waals surface area contributed by atoms with Gasteiger partial charge in [0.25, 0.3) is 5.91 Å². The minimum absolute atomic E-state index is 0.0522. The highest BCUT2D eigenvalue weighted by molar-refractivity contribution is 6.06. The second-order valence-corrected chi connectivity index (χ2v) is 9.58. The topological polar surface area (TPSA) is 85.7 Å². The van der Waals surface area contributed by atoms with E-state index in [4.69, 9.17) is 9.47 Å². The number of carbonyl (C=O) groups is 2. The number of carbonyl (C=O) groups excluding carboxylic acids is 2. The van der Waals surface area contributed by atoms with E-state index in [-0.39, 0.29) is 12.0 Å². The Bertz CT molecular complexity index is 1150. The summed E-state index contributed by atoms with van der Waals surface area (Å²) in [6, 6.07) is 14.8. The number of rotatable bonds is 8. The van der Waals surface area contributed by atoms with Crippen molar-refractivity contribution in [2.45, 2.75) is 59.8 Å². The zero-order valence-electron chi connectivity index (χ0n) is 21.2. The summed E-state index contributed by atoms with van der Waals surface area (Å²) in [4.78, 5) is 27.3. The molecule has 3 aromatic rings. The molecular weight excluding hydrogens is 444 g/mol. The van der Waals surface area contributed by atoms with E-state index in [1.165, 1.54) is 0 Å². The maximum absolute atomic E-state index is 12.9. The number of aromatic nitrogens is 2. The quantitative estimate of drug-likeness (QED) is 0.451. The van der Waals surface area contributed by atoms with E-state index in [9.17, 15) is 9.59 Å². The molecule has 8 heteroatoms. The molecule has 0 unspecified atom stereocenters. The van der Waals surface area contributed by atoms with Crippen molar-refractivity contribution in [2.75, 3.05) is 16.8 Å². The van der Waals surface area contributed by atoms with Crippen LogP contribution in [0.15, 0.2) is 60.9 Å². The number of para-hydroxylation sites is 1. The van der Waals surface area contributed by atoms with Crippen LogP contribution in [0.25, 0.3) is 0 Å². The third kappa shape index (κ3) is 7.60. The number of aryl methyl sites for hydroxylation is 1. The van der Waals surface area contributed by atoms with Crippen molar-refractivity contribution in [3.05, 3.63) is 72.1 Å². The summed E-state index contributed by atoms with van der Waals surface area (Å²) in [6.45, 7) is 12.1. The summed E-state index contributed by atoms with van der Waals surface area (Å²) < 4.78 is 13.1. The highest BCUT2D eigenvalue weighted by atomic mass is 16.6. The van der Waals surface area contributed by atoms with Crippen molar-refractivity contribution in [3.8, 4) is 5.75 Å². The van der Waals surface area contributed by atoms with Crippen LogP contribution in [-0.2, 0) is 11.3 Å². The molecule has 1 N–H and O–H groups in total. The van der Waals surface area contributed by atoms with Crippen molar-refractivity contribution >= 4 is 23.4 Å². The summed E-state index contributed by atoms with van der Waals surface area (Å²) >= 11 is 0. The normalized spacial score (nSPS) is 11.3. The molecule has 2 aromatic carbocycles. The standard InChI is InChI=1S/C27H34N4O4/c1-19(2)34-24-16-20(3)12-13-23(24)25(32)29-21-17-28-30(18-21)14-15-31(22-10-8-7-9-11-22)26(33)35-27(4,5)6/h7-13,16-19H,14-15H2,1-6H3,(H,29,32). The number of ether oxygens (including phenoxy) is 2. The molecule has 1 aromatic heterocycles. The predicted molar refractivity (Wildman–Crippen MR) is 137 cm³/mol.